The molecule has 0 unspecified atom stereocenters. The smallest absolute Gasteiger partial charge is 0.308 e. The van der Waals surface area contributed by atoms with E-state index in [-0.39, 0.29) is 55.5 Å². The number of hydrogen-bond donors (Lipinski definition) is 0. The van der Waals surface area contributed by atoms with E-state index in [2.05, 4.69) is 0 Å². The molecule has 39 heavy (non-hydrogen) atoms. The van der Waals surface area contributed by atoms with Gasteiger partial charge in [-0.15, -0.1) is 0 Å². The summed E-state index contributed by atoms with van der Waals surface area (Å²) in [6, 6.07) is 0. The lowest BCUT2D eigenvalue weighted by molar-refractivity contribution is -0.157. The summed E-state index contributed by atoms with van der Waals surface area (Å²) in [4.78, 5) is 47.4. The molecule has 0 aliphatic carbocycles. The first kappa shape index (κ1) is 37.2. The zero-order valence-electron chi connectivity index (χ0n) is 25.9. The van der Waals surface area contributed by atoms with Gasteiger partial charge in [0.1, 0.15) is 22.8 Å². The normalized spacial score (nSPS) is 12.0. The van der Waals surface area contributed by atoms with E-state index in [1.807, 2.05) is 41.5 Å². The Bertz CT molecular complexity index is 666. The van der Waals surface area contributed by atoms with Crippen molar-refractivity contribution in [3.05, 3.63) is 0 Å². The summed E-state index contributed by atoms with van der Waals surface area (Å²) in [6.45, 7) is 13.6. The molecule has 0 aliphatic heterocycles. The molecule has 0 aliphatic rings. The minimum Gasteiger partial charge on any atom is -0.460 e. The van der Waals surface area contributed by atoms with Gasteiger partial charge in [-0.2, -0.15) is 0 Å². The Hall–Kier alpha value is -1.80. The standard InChI is InChI=1S/C31H56O8/c1-25(32)16-14-12-10-8-9-11-13-15-17-27(33)22-26(23-36-20-18-28(34)38-30(2,3)4)24-37-21-19-29(35)39-31(5,6)7/h26H,8-24H2,1-7H3. The van der Waals surface area contributed by atoms with E-state index in [1.54, 1.807) is 6.92 Å². The lowest BCUT2D eigenvalue weighted by atomic mass is 9.99. The number of Topliss-reactive ketones (excluding diaryl/α,β-unsaturated/α-hetero) is 2. The van der Waals surface area contributed by atoms with Crippen LogP contribution in [0.3, 0.4) is 0 Å². The second-order valence-electron chi connectivity index (χ2n) is 12.5. The zero-order valence-corrected chi connectivity index (χ0v) is 25.9. The van der Waals surface area contributed by atoms with Crippen molar-refractivity contribution in [1.29, 1.82) is 0 Å². The molecule has 0 saturated carbocycles. The van der Waals surface area contributed by atoms with Gasteiger partial charge in [-0.1, -0.05) is 38.5 Å². The van der Waals surface area contributed by atoms with Crippen LogP contribution in [-0.4, -0.2) is 61.1 Å². The molecule has 0 saturated heterocycles. The van der Waals surface area contributed by atoms with E-state index >= 15 is 0 Å². The second kappa shape index (κ2) is 21.0. The fourth-order valence-electron chi connectivity index (χ4n) is 3.94. The minimum absolute atomic E-state index is 0.147. The van der Waals surface area contributed by atoms with E-state index in [9.17, 15) is 19.2 Å². The van der Waals surface area contributed by atoms with Crippen molar-refractivity contribution in [3.63, 3.8) is 0 Å². The van der Waals surface area contributed by atoms with Gasteiger partial charge in [-0.05, 0) is 61.3 Å². The maximum atomic E-state index is 12.6. The number of ether oxygens (including phenoxy) is 4. The fourth-order valence-corrected chi connectivity index (χ4v) is 3.94. The van der Waals surface area contributed by atoms with Gasteiger partial charge < -0.3 is 23.7 Å². The first-order valence-electron chi connectivity index (χ1n) is 14.8. The van der Waals surface area contributed by atoms with Crippen molar-refractivity contribution < 1.29 is 38.1 Å². The zero-order chi connectivity index (χ0) is 29.7. The quantitative estimate of drug-likeness (QED) is 0.103. The highest BCUT2D eigenvalue weighted by Gasteiger charge is 2.19. The fraction of sp³-hybridized carbons (Fsp3) is 0.871. The number of rotatable bonds is 23. The highest BCUT2D eigenvalue weighted by molar-refractivity contribution is 5.78. The number of carbonyl (C=O) groups is 4. The van der Waals surface area contributed by atoms with Crippen molar-refractivity contribution in [2.45, 2.75) is 143 Å². The highest BCUT2D eigenvalue weighted by Crippen LogP contribution is 2.15. The molecule has 0 radical (unpaired) electrons. The summed E-state index contributed by atoms with van der Waals surface area (Å²) < 4.78 is 22.0. The van der Waals surface area contributed by atoms with Crippen LogP contribution in [0.4, 0.5) is 0 Å². The summed E-state index contributed by atoms with van der Waals surface area (Å²) in [7, 11) is 0. The molecule has 0 bridgehead atoms. The van der Waals surface area contributed by atoms with Crippen molar-refractivity contribution in [3.8, 4) is 0 Å². The SMILES string of the molecule is CC(=O)CCCCCCCCCCC(=O)CC(COCCC(=O)OC(C)(C)C)COCCC(=O)OC(C)(C)C. The number of esters is 2. The Morgan fingerprint density at radius 1 is 0.564 bits per heavy atom. The maximum absolute atomic E-state index is 12.6. The molecule has 0 aromatic rings. The van der Waals surface area contributed by atoms with Gasteiger partial charge in [0.15, 0.2) is 0 Å². The monoisotopic (exact) mass is 556 g/mol. The van der Waals surface area contributed by atoms with Gasteiger partial charge in [0.2, 0.25) is 0 Å². The Morgan fingerprint density at radius 3 is 1.33 bits per heavy atom. The third-order valence-corrected chi connectivity index (χ3v) is 5.70. The molecule has 0 amide bonds. The van der Waals surface area contributed by atoms with Gasteiger partial charge in [0, 0.05) is 25.2 Å². The van der Waals surface area contributed by atoms with E-state index in [1.165, 1.54) is 6.42 Å². The van der Waals surface area contributed by atoms with Gasteiger partial charge in [-0.25, -0.2) is 0 Å². The highest BCUT2D eigenvalue weighted by atomic mass is 16.6. The largest absolute Gasteiger partial charge is 0.460 e. The van der Waals surface area contributed by atoms with Crippen LogP contribution >= 0.6 is 0 Å². The Labute approximate surface area is 237 Å². The van der Waals surface area contributed by atoms with Crippen molar-refractivity contribution in [2.75, 3.05) is 26.4 Å². The van der Waals surface area contributed by atoms with Gasteiger partial charge in [0.05, 0.1) is 39.3 Å². The third-order valence-electron chi connectivity index (χ3n) is 5.70. The first-order chi connectivity index (χ1) is 18.2. The van der Waals surface area contributed by atoms with Crippen molar-refractivity contribution in [2.24, 2.45) is 5.92 Å². The number of hydrogen-bond acceptors (Lipinski definition) is 8. The molecular weight excluding hydrogens is 500 g/mol. The number of ketones is 2. The van der Waals surface area contributed by atoms with Gasteiger partial charge in [-0.3, -0.25) is 14.4 Å². The molecule has 0 aromatic heterocycles. The lowest BCUT2D eigenvalue weighted by Crippen LogP contribution is -2.26. The van der Waals surface area contributed by atoms with E-state index in [0.29, 0.717) is 32.5 Å². The van der Waals surface area contributed by atoms with Crippen LogP contribution in [0, 0.1) is 5.92 Å². The molecule has 0 fully saturated rings. The molecule has 0 aromatic carbocycles. The van der Waals surface area contributed by atoms with Crippen molar-refractivity contribution >= 4 is 23.5 Å². The predicted octanol–water partition coefficient (Wildman–Crippen LogP) is 6.55. The molecule has 228 valence electrons. The molecule has 0 N–H and O–H groups in total. The average molecular weight is 557 g/mol. The van der Waals surface area contributed by atoms with Gasteiger partial charge >= 0.3 is 11.9 Å². The molecular formula is C31H56O8. The Balaban J connectivity index is 4.34. The second-order valence-corrected chi connectivity index (χ2v) is 12.5. The Kier molecular flexibility index (Phi) is 20.0. The predicted molar refractivity (Wildman–Crippen MR) is 153 cm³/mol. The van der Waals surface area contributed by atoms with Crippen LogP contribution < -0.4 is 0 Å². The summed E-state index contributed by atoms with van der Waals surface area (Å²) >= 11 is 0. The number of carbonyl (C=O) groups excluding carboxylic acids is 4. The van der Waals surface area contributed by atoms with Crippen LogP contribution in [0.1, 0.15) is 132 Å². The Morgan fingerprint density at radius 2 is 0.949 bits per heavy atom. The topological polar surface area (TPSA) is 105 Å². The van der Waals surface area contributed by atoms with E-state index in [4.69, 9.17) is 18.9 Å². The average Bonchev–Trinajstić information content (AvgIpc) is 2.78. The summed E-state index contributed by atoms with van der Waals surface area (Å²) in [5, 5.41) is 0. The molecule has 0 spiro atoms. The van der Waals surface area contributed by atoms with Crippen LogP contribution in [0.15, 0.2) is 0 Å². The molecule has 8 nitrogen and oxygen atoms in total. The van der Waals surface area contributed by atoms with Crippen LogP contribution in [0.5, 0.6) is 0 Å². The number of unbranched alkanes of at least 4 members (excludes halogenated alkanes) is 7. The van der Waals surface area contributed by atoms with E-state index in [0.717, 1.165) is 44.9 Å². The molecule has 0 atom stereocenters. The first-order valence-corrected chi connectivity index (χ1v) is 14.8. The summed E-state index contributed by atoms with van der Waals surface area (Å²) in [5.41, 5.74) is -1.07. The molecule has 0 heterocycles. The molecule has 0 rings (SSSR count). The van der Waals surface area contributed by atoms with Crippen LogP contribution in [0.2, 0.25) is 0 Å². The maximum Gasteiger partial charge on any atom is 0.308 e. The molecule has 8 heteroatoms. The minimum atomic E-state index is -0.537. The lowest BCUT2D eigenvalue weighted by Gasteiger charge is -2.20. The third kappa shape index (κ3) is 27.6. The van der Waals surface area contributed by atoms with Gasteiger partial charge in [0.25, 0.3) is 0 Å². The van der Waals surface area contributed by atoms with Crippen LogP contribution in [-0.2, 0) is 38.1 Å². The summed E-state index contributed by atoms with van der Waals surface area (Å²) in [5.74, 6) is -0.346. The summed E-state index contributed by atoms with van der Waals surface area (Å²) in [6.07, 6.45) is 10.5. The van der Waals surface area contributed by atoms with E-state index < -0.39 is 11.2 Å². The van der Waals surface area contributed by atoms with Crippen LogP contribution in [0.25, 0.3) is 0 Å². The van der Waals surface area contributed by atoms with Crippen molar-refractivity contribution in [1.82, 2.24) is 0 Å².